The number of pyridine rings is 3. The van der Waals surface area contributed by atoms with Crippen LogP contribution in [-0.2, 0) is 6.42 Å². The van der Waals surface area contributed by atoms with Crippen molar-refractivity contribution in [2.24, 2.45) is 0 Å². The van der Waals surface area contributed by atoms with Gasteiger partial charge in [0.25, 0.3) is 5.88 Å². The molecule has 0 aliphatic heterocycles. The number of hydrogen-bond acceptors (Lipinski definition) is 6. The minimum atomic E-state index is 0.324. The molecule has 3 rings (SSSR count). The van der Waals surface area contributed by atoms with Crippen molar-refractivity contribution in [1.29, 1.82) is 5.26 Å². The molecule has 3 aromatic rings. The van der Waals surface area contributed by atoms with Crippen molar-refractivity contribution in [3.63, 3.8) is 0 Å². The molecule has 3 aromatic heterocycles. The summed E-state index contributed by atoms with van der Waals surface area (Å²) in [5.41, 5.74) is 2.29. The zero-order chi connectivity index (χ0) is 20.6. The first-order valence-corrected chi connectivity index (χ1v) is 9.36. The summed E-state index contributed by atoms with van der Waals surface area (Å²) in [6.45, 7) is 0.381. The lowest BCUT2D eigenvalue weighted by Gasteiger charge is -2.11. The van der Waals surface area contributed by atoms with Crippen LogP contribution >= 0.6 is 23.2 Å². The van der Waals surface area contributed by atoms with Gasteiger partial charge in [-0.05, 0) is 24.3 Å². The smallest absolute Gasteiger partial charge is 0.256 e. The van der Waals surface area contributed by atoms with Crippen molar-refractivity contribution in [1.82, 2.24) is 15.0 Å². The van der Waals surface area contributed by atoms with Gasteiger partial charge < -0.3 is 9.47 Å². The van der Waals surface area contributed by atoms with Crippen LogP contribution in [0.5, 0.6) is 11.6 Å². The molecule has 0 aliphatic carbocycles. The Labute approximate surface area is 178 Å². The lowest BCUT2D eigenvalue weighted by atomic mass is 10.1. The lowest BCUT2D eigenvalue weighted by molar-refractivity contribution is 0.290. The number of allylic oxidation sites excluding steroid dienone is 1. The SMILES string of the molecule is COc1ncc(/C(C#N)=C/c2c(Cl)cncc2Cl)cc1OCCc1ccccn1. The number of rotatable bonds is 7. The summed E-state index contributed by atoms with van der Waals surface area (Å²) in [5, 5.41) is 10.3. The highest BCUT2D eigenvalue weighted by Gasteiger charge is 2.12. The Kier molecular flexibility index (Phi) is 7.01. The molecule has 0 fully saturated rings. The number of nitrogens with zero attached hydrogens (tertiary/aromatic N) is 4. The molecule has 0 N–H and O–H groups in total. The number of aromatic nitrogens is 3. The molecule has 29 heavy (non-hydrogen) atoms. The van der Waals surface area contributed by atoms with Crippen LogP contribution in [-0.4, -0.2) is 28.7 Å². The van der Waals surface area contributed by atoms with E-state index in [1.54, 1.807) is 18.3 Å². The van der Waals surface area contributed by atoms with Gasteiger partial charge in [-0.2, -0.15) is 5.26 Å². The summed E-state index contributed by atoms with van der Waals surface area (Å²) in [6, 6.07) is 9.55. The Morgan fingerprint density at radius 2 is 1.97 bits per heavy atom. The van der Waals surface area contributed by atoms with Crippen LogP contribution < -0.4 is 9.47 Å². The second-order valence-electron chi connectivity index (χ2n) is 5.84. The highest BCUT2D eigenvalue weighted by molar-refractivity contribution is 6.37. The molecule has 0 aliphatic rings. The molecule has 8 heteroatoms. The summed E-state index contributed by atoms with van der Waals surface area (Å²) in [6.07, 6.45) is 8.41. The highest BCUT2D eigenvalue weighted by Crippen LogP contribution is 2.31. The predicted molar refractivity (Wildman–Crippen MR) is 112 cm³/mol. The summed E-state index contributed by atoms with van der Waals surface area (Å²) < 4.78 is 11.1. The van der Waals surface area contributed by atoms with E-state index in [0.29, 0.717) is 51.4 Å². The second-order valence-corrected chi connectivity index (χ2v) is 6.65. The van der Waals surface area contributed by atoms with E-state index < -0.39 is 0 Å². The van der Waals surface area contributed by atoms with E-state index in [-0.39, 0.29) is 0 Å². The van der Waals surface area contributed by atoms with Crippen molar-refractivity contribution in [3.8, 4) is 17.7 Å². The zero-order valence-electron chi connectivity index (χ0n) is 15.5. The summed E-state index contributed by atoms with van der Waals surface area (Å²) in [5.74, 6) is 0.751. The molecular weight excluding hydrogens is 411 g/mol. The lowest BCUT2D eigenvalue weighted by Crippen LogP contribution is -2.05. The van der Waals surface area contributed by atoms with Gasteiger partial charge in [0.15, 0.2) is 5.75 Å². The molecule has 0 atom stereocenters. The molecule has 0 spiro atoms. The van der Waals surface area contributed by atoms with Crippen LogP contribution in [0.3, 0.4) is 0 Å². The Morgan fingerprint density at radius 1 is 1.17 bits per heavy atom. The van der Waals surface area contributed by atoms with E-state index in [1.807, 2.05) is 18.2 Å². The van der Waals surface area contributed by atoms with Crippen LogP contribution in [0.15, 0.2) is 49.1 Å². The topological polar surface area (TPSA) is 80.9 Å². The first kappa shape index (κ1) is 20.6. The van der Waals surface area contributed by atoms with Crippen LogP contribution in [0.25, 0.3) is 11.6 Å². The molecule has 0 unspecified atom stereocenters. The van der Waals surface area contributed by atoms with Gasteiger partial charge in [-0.1, -0.05) is 29.3 Å². The zero-order valence-corrected chi connectivity index (χ0v) is 17.0. The molecule has 3 heterocycles. The fourth-order valence-electron chi connectivity index (χ4n) is 2.53. The fourth-order valence-corrected chi connectivity index (χ4v) is 3.01. The standard InChI is InChI=1S/C21H16Cl2N4O2/c1-28-21-20(29-7-5-16-4-2-3-6-26-16)9-15(11-27-21)14(10-24)8-17-18(22)12-25-13-19(17)23/h2-4,6,8-9,11-13H,5,7H2,1H3/b14-8+. The van der Waals surface area contributed by atoms with Gasteiger partial charge in [0.2, 0.25) is 0 Å². The fraction of sp³-hybridized carbons (Fsp3) is 0.143. The van der Waals surface area contributed by atoms with Gasteiger partial charge in [-0.3, -0.25) is 9.97 Å². The third-order valence-electron chi connectivity index (χ3n) is 3.96. The average Bonchev–Trinajstić information content (AvgIpc) is 2.74. The van der Waals surface area contributed by atoms with E-state index in [2.05, 4.69) is 21.0 Å². The van der Waals surface area contributed by atoms with Gasteiger partial charge >= 0.3 is 0 Å². The Hall–Kier alpha value is -3.14. The van der Waals surface area contributed by atoms with Crippen molar-refractivity contribution in [3.05, 3.63) is 75.9 Å². The normalized spacial score (nSPS) is 11.0. The molecule has 0 saturated heterocycles. The molecular formula is C21H16Cl2N4O2. The monoisotopic (exact) mass is 426 g/mol. The first-order chi connectivity index (χ1) is 14.1. The minimum Gasteiger partial charge on any atom is -0.488 e. The maximum Gasteiger partial charge on any atom is 0.256 e. The minimum absolute atomic E-state index is 0.324. The van der Waals surface area contributed by atoms with Gasteiger partial charge in [0.1, 0.15) is 0 Å². The maximum atomic E-state index is 9.64. The van der Waals surface area contributed by atoms with Crippen molar-refractivity contribution < 1.29 is 9.47 Å². The molecule has 146 valence electrons. The van der Waals surface area contributed by atoms with Crippen molar-refractivity contribution in [2.45, 2.75) is 6.42 Å². The number of methoxy groups -OCH3 is 1. The Bertz CT molecular complexity index is 1050. The van der Waals surface area contributed by atoms with Gasteiger partial charge in [0, 0.05) is 48.0 Å². The van der Waals surface area contributed by atoms with E-state index in [1.165, 1.54) is 25.7 Å². The number of ether oxygens (including phenoxy) is 2. The van der Waals surface area contributed by atoms with E-state index in [4.69, 9.17) is 32.7 Å². The predicted octanol–water partition coefficient (Wildman–Crippen LogP) is 4.87. The van der Waals surface area contributed by atoms with Crippen molar-refractivity contribution in [2.75, 3.05) is 13.7 Å². The van der Waals surface area contributed by atoms with E-state index in [9.17, 15) is 5.26 Å². The summed E-state index contributed by atoms with van der Waals surface area (Å²) in [7, 11) is 1.51. The van der Waals surface area contributed by atoms with Gasteiger partial charge in [-0.15, -0.1) is 0 Å². The molecule has 6 nitrogen and oxygen atoms in total. The quantitative estimate of drug-likeness (QED) is 0.501. The number of hydrogen-bond donors (Lipinski definition) is 0. The van der Waals surface area contributed by atoms with Crippen LogP contribution in [0, 0.1) is 11.3 Å². The Balaban J connectivity index is 1.86. The van der Waals surface area contributed by atoms with Gasteiger partial charge in [0.05, 0.1) is 35.4 Å². The molecule has 0 bridgehead atoms. The van der Waals surface area contributed by atoms with Crippen LogP contribution in [0.2, 0.25) is 10.0 Å². The van der Waals surface area contributed by atoms with Crippen molar-refractivity contribution >= 4 is 34.9 Å². The summed E-state index contributed by atoms with van der Waals surface area (Å²) in [4.78, 5) is 12.4. The molecule has 0 aromatic carbocycles. The van der Waals surface area contributed by atoms with E-state index >= 15 is 0 Å². The average molecular weight is 427 g/mol. The number of nitriles is 1. The second kappa shape index (κ2) is 9.87. The largest absolute Gasteiger partial charge is 0.488 e. The first-order valence-electron chi connectivity index (χ1n) is 8.60. The Morgan fingerprint density at radius 3 is 2.62 bits per heavy atom. The van der Waals surface area contributed by atoms with Crippen LogP contribution in [0.1, 0.15) is 16.8 Å². The van der Waals surface area contributed by atoms with Crippen LogP contribution in [0.4, 0.5) is 0 Å². The third-order valence-corrected chi connectivity index (χ3v) is 4.57. The van der Waals surface area contributed by atoms with Gasteiger partial charge in [-0.25, -0.2) is 4.98 Å². The number of halogens is 2. The molecule has 0 saturated carbocycles. The highest BCUT2D eigenvalue weighted by atomic mass is 35.5. The maximum absolute atomic E-state index is 9.64. The summed E-state index contributed by atoms with van der Waals surface area (Å²) >= 11 is 12.3. The molecule has 0 amide bonds. The van der Waals surface area contributed by atoms with E-state index in [0.717, 1.165) is 5.69 Å². The molecule has 0 radical (unpaired) electrons. The third kappa shape index (κ3) is 5.23.